The van der Waals surface area contributed by atoms with Crippen molar-refractivity contribution >= 4 is 23.1 Å². The van der Waals surface area contributed by atoms with Crippen molar-refractivity contribution in [2.24, 2.45) is 0 Å². The van der Waals surface area contributed by atoms with Crippen LogP contribution in [0.4, 0.5) is 5.69 Å². The second-order valence-corrected chi connectivity index (χ2v) is 8.88. The third kappa shape index (κ3) is 4.65. The van der Waals surface area contributed by atoms with Crippen LogP contribution < -0.4 is 19.1 Å². The maximum Gasteiger partial charge on any atom is 0.300 e. The van der Waals surface area contributed by atoms with E-state index in [1.807, 2.05) is 38.1 Å². The summed E-state index contributed by atoms with van der Waals surface area (Å²) >= 11 is 0. The van der Waals surface area contributed by atoms with Crippen molar-refractivity contribution in [2.45, 2.75) is 32.7 Å². The predicted octanol–water partition coefficient (Wildman–Crippen LogP) is 5.44. The molecule has 3 aromatic rings. The molecule has 0 aromatic heterocycles. The zero-order valence-electron chi connectivity index (χ0n) is 20.9. The van der Waals surface area contributed by atoms with Crippen molar-refractivity contribution in [3.8, 4) is 17.2 Å². The van der Waals surface area contributed by atoms with E-state index in [4.69, 9.17) is 14.2 Å². The van der Waals surface area contributed by atoms with Crippen molar-refractivity contribution in [3.63, 3.8) is 0 Å². The van der Waals surface area contributed by atoms with Gasteiger partial charge in [0.2, 0.25) is 0 Å². The van der Waals surface area contributed by atoms with Crippen LogP contribution in [0.5, 0.6) is 17.2 Å². The predicted molar refractivity (Wildman–Crippen MR) is 140 cm³/mol. The number of Topliss-reactive ketones (excluding diaryl/α,β-unsaturated/α-hetero) is 1. The van der Waals surface area contributed by atoms with Crippen molar-refractivity contribution in [3.05, 3.63) is 89.0 Å². The number of aryl methyl sites for hydroxylation is 1. The van der Waals surface area contributed by atoms with Crippen LogP contribution in [0.25, 0.3) is 5.76 Å². The van der Waals surface area contributed by atoms with Crippen LogP contribution in [-0.4, -0.2) is 36.6 Å². The topological polar surface area (TPSA) is 85.3 Å². The molecule has 1 atom stereocenters. The number of anilines is 1. The number of rotatable bonds is 7. The average Bonchev–Trinajstić information content (AvgIpc) is 3.19. The molecule has 1 N–H and O–H groups in total. The van der Waals surface area contributed by atoms with E-state index in [9.17, 15) is 14.7 Å². The number of benzene rings is 3. The minimum absolute atomic E-state index is 0.0317. The fourth-order valence-electron chi connectivity index (χ4n) is 4.89. The summed E-state index contributed by atoms with van der Waals surface area (Å²) in [6.45, 7) is 5.42. The lowest BCUT2D eigenvalue weighted by atomic mass is 9.93. The molecular weight excluding hydrogens is 470 g/mol. The first-order valence-corrected chi connectivity index (χ1v) is 12.5. The number of carbonyl (C=O) groups is 2. The van der Waals surface area contributed by atoms with Crippen molar-refractivity contribution < 1.29 is 28.9 Å². The van der Waals surface area contributed by atoms with Crippen LogP contribution in [-0.2, 0) is 16.0 Å². The van der Waals surface area contributed by atoms with E-state index in [1.165, 1.54) is 4.90 Å². The van der Waals surface area contributed by atoms with E-state index in [0.717, 1.165) is 24.2 Å². The molecule has 2 aliphatic rings. The van der Waals surface area contributed by atoms with Gasteiger partial charge in [0.05, 0.1) is 31.4 Å². The van der Waals surface area contributed by atoms with E-state index in [-0.39, 0.29) is 11.3 Å². The number of nitrogens with zero attached hydrogens (tertiary/aromatic N) is 1. The first-order valence-electron chi connectivity index (χ1n) is 12.5. The molecule has 1 amide bonds. The highest BCUT2D eigenvalue weighted by atomic mass is 16.5. The fraction of sp³-hybridized carbons (Fsp3) is 0.267. The second-order valence-electron chi connectivity index (χ2n) is 8.88. The molecule has 5 rings (SSSR count). The summed E-state index contributed by atoms with van der Waals surface area (Å²) in [5.74, 6) is 0.383. The van der Waals surface area contributed by atoms with Crippen molar-refractivity contribution in [1.82, 2.24) is 0 Å². The first kappa shape index (κ1) is 24.4. The van der Waals surface area contributed by atoms with Crippen LogP contribution in [0.1, 0.15) is 43.0 Å². The van der Waals surface area contributed by atoms with Gasteiger partial charge in [-0.1, -0.05) is 12.1 Å². The Balaban J connectivity index is 1.66. The second kappa shape index (κ2) is 10.4. The Bertz CT molecular complexity index is 1360. The molecule has 190 valence electrons. The Hall–Kier alpha value is -4.26. The first-order chi connectivity index (χ1) is 18.0. The van der Waals surface area contributed by atoms with E-state index < -0.39 is 17.7 Å². The number of ketones is 1. The highest BCUT2D eigenvalue weighted by molar-refractivity contribution is 6.51. The summed E-state index contributed by atoms with van der Waals surface area (Å²) in [4.78, 5) is 28.3. The van der Waals surface area contributed by atoms with Gasteiger partial charge in [0.25, 0.3) is 11.7 Å². The van der Waals surface area contributed by atoms with Crippen LogP contribution in [0.3, 0.4) is 0 Å². The SMILES string of the molecule is CCOc1ccc(N2C(=O)C(=O)/C(=C(\O)c3ccc4c(c3)CCCO4)C2c2cccc(OCC)c2)cc1. The third-order valence-corrected chi connectivity index (χ3v) is 6.54. The number of carbonyl (C=O) groups excluding carboxylic acids is 2. The average molecular weight is 500 g/mol. The lowest BCUT2D eigenvalue weighted by Crippen LogP contribution is -2.29. The van der Waals surface area contributed by atoms with Crippen LogP contribution in [0.15, 0.2) is 72.3 Å². The maximum absolute atomic E-state index is 13.5. The standard InChI is InChI=1S/C30H29NO6/c1-3-35-23-13-11-22(12-14-23)31-27(20-7-5-9-24(18-20)36-4-2)26(29(33)30(31)34)28(32)21-10-15-25-19(17-21)8-6-16-37-25/h5,7,9-15,17-18,27,32H,3-4,6,8,16H2,1-2H3/b28-26-. The lowest BCUT2D eigenvalue weighted by molar-refractivity contribution is -0.132. The maximum atomic E-state index is 13.5. The van der Waals surface area contributed by atoms with Gasteiger partial charge in [0.15, 0.2) is 0 Å². The Morgan fingerprint density at radius 2 is 1.73 bits per heavy atom. The number of fused-ring (bicyclic) bond motifs is 1. The molecule has 0 spiro atoms. The molecule has 0 radical (unpaired) electrons. The molecule has 1 saturated heterocycles. The van der Waals surface area contributed by atoms with Crippen molar-refractivity contribution in [1.29, 1.82) is 0 Å². The number of aliphatic hydroxyl groups is 1. The van der Waals surface area contributed by atoms with E-state index in [0.29, 0.717) is 48.1 Å². The smallest absolute Gasteiger partial charge is 0.300 e. The van der Waals surface area contributed by atoms with Crippen molar-refractivity contribution in [2.75, 3.05) is 24.7 Å². The van der Waals surface area contributed by atoms with E-state index in [2.05, 4.69) is 0 Å². The number of aliphatic hydroxyl groups excluding tert-OH is 1. The van der Waals surface area contributed by atoms with Gasteiger partial charge in [0.1, 0.15) is 23.0 Å². The van der Waals surface area contributed by atoms with Gasteiger partial charge >= 0.3 is 0 Å². The molecule has 7 nitrogen and oxygen atoms in total. The minimum atomic E-state index is -0.842. The summed E-state index contributed by atoms with van der Waals surface area (Å²) < 4.78 is 16.9. The quantitative estimate of drug-likeness (QED) is 0.265. The van der Waals surface area contributed by atoms with Gasteiger partial charge in [-0.25, -0.2) is 0 Å². The highest BCUT2D eigenvalue weighted by Gasteiger charge is 2.47. The van der Waals surface area contributed by atoms with E-state index in [1.54, 1.807) is 42.5 Å². The zero-order chi connectivity index (χ0) is 25.9. The minimum Gasteiger partial charge on any atom is -0.507 e. The largest absolute Gasteiger partial charge is 0.507 e. The molecule has 0 saturated carbocycles. The number of ether oxygens (including phenoxy) is 3. The van der Waals surface area contributed by atoms with Gasteiger partial charge in [-0.05, 0) is 92.4 Å². The fourth-order valence-corrected chi connectivity index (χ4v) is 4.89. The monoisotopic (exact) mass is 499 g/mol. The number of hydrogen-bond acceptors (Lipinski definition) is 6. The summed E-state index contributed by atoms with van der Waals surface area (Å²) in [5.41, 5.74) is 2.65. The van der Waals surface area contributed by atoms with Gasteiger partial charge < -0.3 is 19.3 Å². The van der Waals surface area contributed by atoms with Gasteiger partial charge in [-0.15, -0.1) is 0 Å². The molecule has 0 aliphatic carbocycles. The Morgan fingerprint density at radius 1 is 0.973 bits per heavy atom. The Labute approximate surface area is 215 Å². The van der Waals surface area contributed by atoms with Gasteiger partial charge in [-0.2, -0.15) is 0 Å². The summed E-state index contributed by atoms with van der Waals surface area (Å²) in [7, 11) is 0. The lowest BCUT2D eigenvalue weighted by Gasteiger charge is -2.26. The highest BCUT2D eigenvalue weighted by Crippen LogP contribution is 2.43. The van der Waals surface area contributed by atoms with Crippen LogP contribution in [0, 0.1) is 0 Å². The molecule has 37 heavy (non-hydrogen) atoms. The van der Waals surface area contributed by atoms with Crippen LogP contribution >= 0.6 is 0 Å². The van der Waals surface area contributed by atoms with Gasteiger partial charge in [-0.3, -0.25) is 14.5 Å². The number of hydrogen-bond donors (Lipinski definition) is 1. The number of amides is 1. The summed E-state index contributed by atoms with van der Waals surface area (Å²) in [6.07, 6.45) is 1.69. The Morgan fingerprint density at radius 3 is 2.49 bits per heavy atom. The molecule has 2 aliphatic heterocycles. The Kier molecular flexibility index (Phi) is 6.86. The summed E-state index contributed by atoms with van der Waals surface area (Å²) in [6, 6.07) is 18.8. The van der Waals surface area contributed by atoms with Crippen LogP contribution in [0.2, 0.25) is 0 Å². The molecule has 1 unspecified atom stereocenters. The molecule has 0 bridgehead atoms. The summed E-state index contributed by atoms with van der Waals surface area (Å²) in [5, 5.41) is 11.5. The molecular formula is C30H29NO6. The molecule has 1 fully saturated rings. The molecule has 7 heteroatoms. The zero-order valence-corrected chi connectivity index (χ0v) is 20.9. The third-order valence-electron chi connectivity index (χ3n) is 6.54. The molecule has 3 aromatic carbocycles. The van der Waals surface area contributed by atoms with Gasteiger partial charge in [0, 0.05) is 11.3 Å². The normalized spacial score (nSPS) is 18.3. The van der Waals surface area contributed by atoms with E-state index >= 15 is 0 Å². The molecule has 2 heterocycles.